The summed E-state index contributed by atoms with van der Waals surface area (Å²) in [5.41, 5.74) is 3.15. The second-order valence-corrected chi connectivity index (χ2v) is 7.08. The predicted molar refractivity (Wildman–Crippen MR) is 103 cm³/mol. The quantitative estimate of drug-likeness (QED) is 0.788. The molecule has 1 amide bonds. The molecule has 1 fully saturated rings. The van der Waals surface area contributed by atoms with E-state index in [2.05, 4.69) is 51.1 Å². The highest BCUT2D eigenvalue weighted by Crippen LogP contribution is 2.20. The van der Waals surface area contributed by atoms with Gasteiger partial charge in [-0.1, -0.05) is 30.3 Å². The monoisotopic (exact) mass is 348 g/mol. The van der Waals surface area contributed by atoms with Crippen LogP contribution in [0.1, 0.15) is 11.1 Å². The molecule has 2 aromatic heterocycles. The number of carbonyl (C=O) groups is 1. The van der Waals surface area contributed by atoms with Crippen molar-refractivity contribution in [2.75, 3.05) is 26.7 Å². The Morgan fingerprint density at radius 3 is 2.88 bits per heavy atom. The lowest BCUT2D eigenvalue weighted by Crippen LogP contribution is -2.55. The fraction of sp³-hybridized carbons (Fsp3) is 0.333. The first-order chi connectivity index (χ1) is 12.7. The number of fused-ring (bicyclic) bond motifs is 1. The van der Waals surface area contributed by atoms with Gasteiger partial charge in [0.2, 0.25) is 5.91 Å². The maximum absolute atomic E-state index is 13.1. The molecule has 1 atom stereocenters. The molecule has 0 spiro atoms. The van der Waals surface area contributed by atoms with Gasteiger partial charge in [-0.2, -0.15) is 0 Å². The standard InChI is InChI=1S/C21H24N4O/c1-24-10-11-25(18(15-24)12-16-6-3-2-4-7-16)20(26)13-17-14-23-21-19(17)8-5-9-22-21/h2-9,14,18H,10-13,15H2,1H3,(H,22,23). The van der Waals surface area contributed by atoms with E-state index >= 15 is 0 Å². The number of nitrogens with zero attached hydrogens (tertiary/aromatic N) is 3. The van der Waals surface area contributed by atoms with Crippen molar-refractivity contribution in [3.8, 4) is 0 Å². The van der Waals surface area contributed by atoms with Gasteiger partial charge in [0.15, 0.2) is 0 Å². The molecule has 1 aromatic carbocycles. The number of aromatic amines is 1. The Balaban J connectivity index is 1.52. The molecule has 3 aromatic rings. The summed E-state index contributed by atoms with van der Waals surface area (Å²) < 4.78 is 0. The van der Waals surface area contributed by atoms with Gasteiger partial charge >= 0.3 is 0 Å². The zero-order valence-electron chi connectivity index (χ0n) is 15.1. The van der Waals surface area contributed by atoms with Gasteiger partial charge in [0.25, 0.3) is 0 Å². The van der Waals surface area contributed by atoms with Crippen LogP contribution >= 0.6 is 0 Å². The summed E-state index contributed by atoms with van der Waals surface area (Å²) in [5.74, 6) is 0.198. The molecule has 5 heteroatoms. The van der Waals surface area contributed by atoms with Crippen LogP contribution in [-0.2, 0) is 17.6 Å². The second-order valence-electron chi connectivity index (χ2n) is 7.08. The van der Waals surface area contributed by atoms with E-state index in [4.69, 9.17) is 0 Å². The van der Waals surface area contributed by atoms with Crippen molar-refractivity contribution in [3.05, 3.63) is 66.0 Å². The lowest BCUT2D eigenvalue weighted by atomic mass is 10.0. The molecule has 1 saturated heterocycles. The Morgan fingerprint density at radius 2 is 2.04 bits per heavy atom. The molecule has 1 unspecified atom stereocenters. The molecule has 1 N–H and O–H groups in total. The number of aromatic nitrogens is 2. The van der Waals surface area contributed by atoms with Crippen LogP contribution in [0.2, 0.25) is 0 Å². The molecule has 0 radical (unpaired) electrons. The molecule has 3 heterocycles. The number of hydrogen-bond acceptors (Lipinski definition) is 3. The van der Waals surface area contributed by atoms with Crippen LogP contribution in [0, 0.1) is 0 Å². The number of rotatable bonds is 4. The molecule has 1 aliphatic heterocycles. The number of H-pyrrole nitrogens is 1. The van der Waals surface area contributed by atoms with Crippen molar-refractivity contribution in [2.45, 2.75) is 18.9 Å². The minimum absolute atomic E-state index is 0.198. The van der Waals surface area contributed by atoms with Crippen LogP contribution in [-0.4, -0.2) is 58.4 Å². The van der Waals surface area contributed by atoms with Gasteiger partial charge in [-0.15, -0.1) is 0 Å². The smallest absolute Gasteiger partial charge is 0.227 e. The fourth-order valence-corrected chi connectivity index (χ4v) is 3.82. The van der Waals surface area contributed by atoms with Gasteiger partial charge in [-0.3, -0.25) is 4.79 Å². The van der Waals surface area contributed by atoms with Gasteiger partial charge in [-0.25, -0.2) is 4.98 Å². The number of nitrogens with one attached hydrogen (secondary N) is 1. The third kappa shape index (κ3) is 3.48. The third-order valence-corrected chi connectivity index (χ3v) is 5.20. The van der Waals surface area contributed by atoms with E-state index in [0.29, 0.717) is 6.42 Å². The Kier molecular flexibility index (Phi) is 4.71. The highest BCUT2D eigenvalue weighted by atomic mass is 16.2. The number of hydrogen-bond donors (Lipinski definition) is 1. The van der Waals surface area contributed by atoms with Crippen LogP contribution in [0.5, 0.6) is 0 Å². The summed E-state index contributed by atoms with van der Waals surface area (Å²) >= 11 is 0. The maximum Gasteiger partial charge on any atom is 0.227 e. The number of carbonyl (C=O) groups excluding carboxylic acids is 1. The van der Waals surface area contributed by atoms with Gasteiger partial charge in [0.1, 0.15) is 5.65 Å². The predicted octanol–water partition coefficient (Wildman–Crippen LogP) is 2.49. The van der Waals surface area contributed by atoms with E-state index in [9.17, 15) is 4.79 Å². The molecule has 1 aliphatic rings. The molecule has 0 bridgehead atoms. The minimum Gasteiger partial charge on any atom is -0.346 e. The Labute approximate surface area is 153 Å². The second kappa shape index (κ2) is 7.30. The number of benzene rings is 1. The summed E-state index contributed by atoms with van der Waals surface area (Å²) in [4.78, 5) is 25.0. The van der Waals surface area contributed by atoms with Crippen LogP contribution in [0.15, 0.2) is 54.9 Å². The first kappa shape index (κ1) is 16.8. The van der Waals surface area contributed by atoms with Crippen molar-refractivity contribution in [3.63, 3.8) is 0 Å². The van der Waals surface area contributed by atoms with Gasteiger partial charge < -0.3 is 14.8 Å². The summed E-state index contributed by atoms with van der Waals surface area (Å²) in [6.07, 6.45) is 4.99. The topological polar surface area (TPSA) is 52.2 Å². The minimum atomic E-state index is 0.198. The molecule has 4 rings (SSSR count). The van der Waals surface area contributed by atoms with Crippen molar-refractivity contribution < 1.29 is 4.79 Å². The van der Waals surface area contributed by atoms with Gasteiger partial charge in [0, 0.05) is 43.5 Å². The SMILES string of the molecule is CN1CCN(C(=O)Cc2c[nH]c3ncccc23)C(Cc2ccccc2)C1. The average molecular weight is 348 g/mol. The van der Waals surface area contributed by atoms with Gasteiger partial charge in [-0.05, 0) is 36.7 Å². The van der Waals surface area contributed by atoms with E-state index in [1.165, 1.54) is 5.56 Å². The van der Waals surface area contributed by atoms with Crippen molar-refractivity contribution in [1.29, 1.82) is 0 Å². The van der Waals surface area contributed by atoms with Crippen LogP contribution in [0.4, 0.5) is 0 Å². The molecule has 0 saturated carbocycles. The van der Waals surface area contributed by atoms with E-state index in [1.54, 1.807) is 6.20 Å². The van der Waals surface area contributed by atoms with Gasteiger partial charge in [0.05, 0.1) is 6.42 Å². The maximum atomic E-state index is 13.1. The summed E-state index contributed by atoms with van der Waals surface area (Å²) in [6.45, 7) is 2.62. The summed E-state index contributed by atoms with van der Waals surface area (Å²) in [6, 6.07) is 14.6. The van der Waals surface area contributed by atoms with Crippen molar-refractivity contribution in [2.24, 2.45) is 0 Å². The first-order valence-corrected chi connectivity index (χ1v) is 9.13. The number of likely N-dealkylation sites (N-methyl/N-ethyl adjacent to an activating group) is 1. The van der Waals surface area contributed by atoms with Crippen LogP contribution < -0.4 is 0 Å². The molecule has 0 aliphatic carbocycles. The normalized spacial score (nSPS) is 18.3. The fourth-order valence-electron chi connectivity index (χ4n) is 3.82. The number of pyridine rings is 1. The van der Waals surface area contributed by atoms with E-state index in [0.717, 1.165) is 42.7 Å². The summed E-state index contributed by atoms with van der Waals surface area (Å²) in [5, 5.41) is 1.04. The Bertz CT molecular complexity index is 889. The Hall–Kier alpha value is -2.66. The van der Waals surface area contributed by atoms with E-state index < -0.39 is 0 Å². The summed E-state index contributed by atoms with van der Waals surface area (Å²) in [7, 11) is 2.13. The van der Waals surface area contributed by atoms with E-state index in [-0.39, 0.29) is 11.9 Å². The highest BCUT2D eigenvalue weighted by molar-refractivity contribution is 5.87. The molecular formula is C21H24N4O. The van der Waals surface area contributed by atoms with Crippen molar-refractivity contribution >= 4 is 16.9 Å². The number of piperazine rings is 1. The first-order valence-electron chi connectivity index (χ1n) is 9.13. The highest BCUT2D eigenvalue weighted by Gasteiger charge is 2.29. The third-order valence-electron chi connectivity index (χ3n) is 5.20. The molecular weight excluding hydrogens is 324 g/mol. The zero-order chi connectivity index (χ0) is 17.9. The Morgan fingerprint density at radius 1 is 1.19 bits per heavy atom. The van der Waals surface area contributed by atoms with Crippen LogP contribution in [0.3, 0.4) is 0 Å². The molecule has 26 heavy (non-hydrogen) atoms. The number of amides is 1. The molecule has 5 nitrogen and oxygen atoms in total. The van der Waals surface area contributed by atoms with Crippen LogP contribution in [0.25, 0.3) is 11.0 Å². The zero-order valence-corrected chi connectivity index (χ0v) is 15.1. The van der Waals surface area contributed by atoms with E-state index in [1.807, 2.05) is 24.4 Å². The van der Waals surface area contributed by atoms with Crippen molar-refractivity contribution in [1.82, 2.24) is 19.8 Å². The lowest BCUT2D eigenvalue weighted by molar-refractivity contribution is -0.135. The molecule has 134 valence electrons. The average Bonchev–Trinajstić information content (AvgIpc) is 3.06. The lowest BCUT2D eigenvalue weighted by Gasteiger charge is -2.40. The largest absolute Gasteiger partial charge is 0.346 e.